The molecule has 36 heavy (non-hydrogen) atoms. The van der Waals surface area contributed by atoms with E-state index in [1.54, 1.807) is 28.4 Å². The monoisotopic (exact) mass is 484 g/mol. The van der Waals surface area contributed by atoms with Crippen LogP contribution in [0.2, 0.25) is 0 Å². The second-order valence-electron chi connectivity index (χ2n) is 8.57. The van der Waals surface area contributed by atoms with E-state index in [1.165, 1.54) is 11.1 Å². The van der Waals surface area contributed by atoms with Gasteiger partial charge in [-0.2, -0.15) is 19.9 Å². The zero-order valence-electron chi connectivity index (χ0n) is 20.7. The van der Waals surface area contributed by atoms with Crippen molar-refractivity contribution in [2.24, 2.45) is 0 Å². The highest BCUT2D eigenvalue weighted by Crippen LogP contribution is 2.66. The lowest BCUT2D eigenvalue weighted by molar-refractivity contribution is 0.214. The van der Waals surface area contributed by atoms with Crippen LogP contribution in [0.15, 0.2) is 72.8 Å². The third-order valence-corrected chi connectivity index (χ3v) is 6.79. The third-order valence-electron chi connectivity index (χ3n) is 6.79. The Bertz CT molecular complexity index is 1160. The van der Waals surface area contributed by atoms with Gasteiger partial charge in [0.2, 0.25) is 11.8 Å². The van der Waals surface area contributed by atoms with Crippen LogP contribution in [0.3, 0.4) is 0 Å². The summed E-state index contributed by atoms with van der Waals surface area (Å²) in [6.07, 6.45) is 0. The maximum atomic E-state index is 5.49. The summed E-state index contributed by atoms with van der Waals surface area (Å²) in [5, 5.41) is 0. The van der Waals surface area contributed by atoms with Crippen molar-refractivity contribution in [3.8, 4) is 23.8 Å². The van der Waals surface area contributed by atoms with Crippen molar-refractivity contribution in [1.82, 2.24) is 19.9 Å². The summed E-state index contributed by atoms with van der Waals surface area (Å²) >= 11 is 0. The lowest BCUT2D eigenvalue weighted by Gasteiger charge is -2.52. The molecule has 0 N–H and O–H groups in total. The van der Waals surface area contributed by atoms with Crippen LogP contribution in [0.1, 0.15) is 46.2 Å². The van der Waals surface area contributed by atoms with E-state index in [1.807, 2.05) is 24.3 Å². The second-order valence-corrected chi connectivity index (χ2v) is 8.57. The molecule has 0 bridgehead atoms. The van der Waals surface area contributed by atoms with Gasteiger partial charge in [-0.15, -0.1) is 0 Å². The SMILES string of the molecule is COc1cc(C2C(c3ccccc3)C(c3cc(OC)nc(OC)n3)C2c2ccccc2)nc(OC)n1. The summed E-state index contributed by atoms with van der Waals surface area (Å²) in [5.41, 5.74) is 4.08. The molecule has 184 valence electrons. The Kier molecular flexibility index (Phi) is 6.66. The Morgan fingerprint density at radius 1 is 0.472 bits per heavy atom. The van der Waals surface area contributed by atoms with Crippen molar-refractivity contribution in [2.75, 3.05) is 28.4 Å². The summed E-state index contributed by atoms with van der Waals surface area (Å²) in [4.78, 5) is 18.2. The first kappa shape index (κ1) is 23.5. The highest BCUT2D eigenvalue weighted by Gasteiger charge is 2.54. The average Bonchev–Trinajstić information content (AvgIpc) is 2.93. The summed E-state index contributed by atoms with van der Waals surface area (Å²) in [6, 6.07) is 25.2. The van der Waals surface area contributed by atoms with Crippen molar-refractivity contribution < 1.29 is 18.9 Å². The molecular weight excluding hydrogens is 456 g/mol. The van der Waals surface area contributed by atoms with E-state index in [4.69, 9.17) is 28.9 Å². The standard InChI is InChI=1S/C28H28N4O4/c1-33-21-15-19(29-27(31-21)35-3)25-23(17-11-7-5-8-12-17)26(24(25)18-13-9-6-10-14-18)20-16-22(34-2)32-28(30-20)36-4/h5-16,23-26H,1-4H3. The minimum atomic E-state index is 0.0116. The second kappa shape index (κ2) is 10.2. The fourth-order valence-corrected chi connectivity index (χ4v) is 5.24. The van der Waals surface area contributed by atoms with E-state index in [9.17, 15) is 0 Å². The Hall–Kier alpha value is -4.20. The van der Waals surface area contributed by atoms with Gasteiger partial charge in [-0.05, 0) is 11.1 Å². The van der Waals surface area contributed by atoms with Crippen LogP contribution in [0.25, 0.3) is 0 Å². The van der Waals surface area contributed by atoms with E-state index in [-0.39, 0.29) is 35.7 Å². The van der Waals surface area contributed by atoms with E-state index >= 15 is 0 Å². The molecule has 0 atom stereocenters. The number of nitrogens with zero attached hydrogens (tertiary/aromatic N) is 4. The van der Waals surface area contributed by atoms with Crippen LogP contribution >= 0.6 is 0 Å². The molecule has 8 nitrogen and oxygen atoms in total. The van der Waals surface area contributed by atoms with Crippen LogP contribution in [0.5, 0.6) is 23.8 Å². The summed E-state index contributed by atoms with van der Waals surface area (Å²) in [6.45, 7) is 0. The van der Waals surface area contributed by atoms with Gasteiger partial charge in [-0.25, -0.2) is 0 Å². The van der Waals surface area contributed by atoms with Crippen LogP contribution in [0.4, 0.5) is 0 Å². The van der Waals surface area contributed by atoms with Gasteiger partial charge in [0.05, 0.1) is 39.8 Å². The zero-order chi connectivity index (χ0) is 25.1. The van der Waals surface area contributed by atoms with Crippen LogP contribution in [0, 0.1) is 0 Å². The van der Waals surface area contributed by atoms with E-state index in [2.05, 4.69) is 58.5 Å². The fraction of sp³-hybridized carbons (Fsp3) is 0.286. The molecule has 1 fully saturated rings. The molecule has 4 aromatic rings. The smallest absolute Gasteiger partial charge is 0.319 e. The molecule has 1 aliphatic rings. The first-order valence-corrected chi connectivity index (χ1v) is 11.7. The molecular formula is C28H28N4O4. The number of hydrogen-bond acceptors (Lipinski definition) is 8. The van der Waals surface area contributed by atoms with Gasteiger partial charge in [-0.1, -0.05) is 60.7 Å². The summed E-state index contributed by atoms with van der Waals surface area (Å²) < 4.78 is 21.8. The summed E-state index contributed by atoms with van der Waals surface area (Å²) in [5.74, 6) is 1.07. The molecule has 1 aliphatic carbocycles. The number of benzene rings is 2. The highest BCUT2D eigenvalue weighted by molar-refractivity contribution is 5.46. The Morgan fingerprint density at radius 2 is 0.861 bits per heavy atom. The van der Waals surface area contributed by atoms with Crippen molar-refractivity contribution in [3.05, 3.63) is 95.3 Å². The molecule has 8 heteroatoms. The van der Waals surface area contributed by atoms with E-state index in [0.29, 0.717) is 11.8 Å². The first-order valence-electron chi connectivity index (χ1n) is 11.7. The molecule has 2 aromatic carbocycles. The maximum absolute atomic E-state index is 5.49. The largest absolute Gasteiger partial charge is 0.481 e. The molecule has 5 rings (SSSR count). The van der Waals surface area contributed by atoms with Crippen molar-refractivity contribution in [3.63, 3.8) is 0 Å². The Morgan fingerprint density at radius 3 is 1.19 bits per heavy atom. The first-order chi connectivity index (χ1) is 17.7. The molecule has 0 radical (unpaired) electrons. The van der Waals surface area contributed by atoms with Crippen molar-refractivity contribution >= 4 is 0 Å². The fourth-order valence-electron chi connectivity index (χ4n) is 5.24. The van der Waals surface area contributed by atoms with Crippen LogP contribution < -0.4 is 18.9 Å². The van der Waals surface area contributed by atoms with Gasteiger partial charge in [0, 0.05) is 35.8 Å². The zero-order valence-corrected chi connectivity index (χ0v) is 20.7. The van der Waals surface area contributed by atoms with Crippen LogP contribution in [-0.2, 0) is 0 Å². The average molecular weight is 485 g/mol. The quantitative estimate of drug-likeness (QED) is 0.354. The summed E-state index contributed by atoms with van der Waals surface area (Å²) in [7, 11) is 6.31. The lowest BCUT2D eigenvalue weighted by atomic mass is 9.50. The van der Waals surface area contributed by atoms with Gasteiger partial charge < -0.3 is 18.9 Å². The van der Waals surface area contributed by atoms with Gasteiger partial charge in [0.15, 0.2) is 0 Å². The maximum Gasteiger partial charge on any atom is 0.319 e. The van der Waals surface area contributed by atoms with Gasteiger partial charge in [-0.3, -0.25) is 0 Å². The van der Waals surface area contributed by atoms with Crippen LogP contribution in [-0.4, -0.2) is 48.4 Å². The van der Waals surface area contributed by atoms with Gasteiger partial charge in [0.25, 0.3) is 0 Å². The van der Waals surface area contributed by atoms with Crippen molar-refractivity contribution in [1.29, 1.82) is 0 Å². The Balaban J connectivity index is 1.72. The molecule has 0 amide bonds. The minimum Gasteiger partial charge on any atom is -0.481 e. The number of aromatic nitrogens is 4. The molecule has 0 aliphatic heterocycles. The minimum absolute atomic E-state index is 0.0116. The molecule has 0 spiro atoms. The highest BCUT2D eigenvalue weighted by atomic mass is 16.5. The van der Waals surface area contributed by atoms with E-state index in [0.717, 1.165) is 11.4 Å². The molecule has 2 aromatic heterocycles. The van der Waals surface area contributed by atoms with Gasteiger partial charge >= 0.3 is 12.0 Å². The lowest BCUT2D eigenvalue weighted by Crippen LogP contribution is -2.41. The van der Waals surface area contributed by atoms with Gasteiger partial charge in [0.1, 0.15) is 0 Å². The Labute approximate surface area is 210 Å². The number of ether oxygens (including phenoxy) is 4. The topological polar surface area (TPSA) is 88.5 Å². The number of methoxy groups -OCH3 is 4. The third kappa shape index (κ3) is 4.30. The number of hydrogen-bond donors (Lipinski definition) is 0. The predicted octanol–water partition coefficient (Wildman–Crippen LogP) is 4.75. The number of rotatable bonds is 8. The molecule has 0 saturated heterocycles. The van der Waals surface area contributed by atoms with E-state index < -0.39 is 0 Å². The predicted molar refractivity (Wildman–Crippen MR) is 134 cm³/mol. The molecule has 0 unspecified atom stereocenters. The molecule has 1 saturated carbocycles. The van der Waals surface area contributed by atoms with Crippen molar-refractivity contribution in [2.45, 2.75) is 23.7 Å². The molecule has 2 heterocycles. The normalized spacial score (nSPS) is 20.8.